The molecule has 45 heavy (non-hydrogen) atoms. The van der Waals surface area contributed by atoms with Crippen molar-refractivity contribution in [2.75, 3.05) is 31.5 Å². The van der Waals surface area contributed by atoms with Crippen molar-refractivity contribution >= 4 is 28.6 Å². The van der Waals surface area contributed by atoms with Crippen LogP contribution in [0.1, 0.15) is 41.2 Å². The molecule has 2 heterocycles. The molecule has 14 heteroatoms. The topological polar surface area (TPSA) is 132 Å². The summed E-state index contributed by atoms with van der Waals surface area (Å²) in [6.45, 7) is 7.49. The Hall–Kier alpha value is -4.21. The first-order valence-corrected chi connectivity index (χ1v) is 15.8. The fraction of sp³-hybridized carbons (Fsp3) is 0.258. The number of rotatable bonds is 10. The van der Waals surface area contributed by atoms with Crippen LogP contribution >= 0.6 is 10.8 Å². The highest BCUT2D eigenvalue weighted by Crippen LogP contribution is 2.61. The number of hydrogen-bond donors (Lipinski definition) is 4. The van der Waals surface area contributed by atoms with Crippen molar-refractivity contribution < 1.29 is 27.1 Å². The van der Waals surface area contributed by atoms with Gasteiger partial charge in [-0.15, -0.1) is 10.8 Å². The van der Waals surface area contributed by atoms with Gasteiger partial charge >= 0.3 is 6.18 Å². The second-order valence-corrected chi connectivity index (χ2v) is 12.4. The molecular formula is C31H34F3N7O3S. The van der Waals surface area contributed by atoms with Gasteiger partial charge in [0, 0.05) is 37.0 Å². The normalized spacial score (nSPS) is 15.5. The Kier molecular flexibility index (Phi) is 9.32. The van der Waals surface area contributed by atoms with Crippen LogP contribution in [0.5, 0.6) is 0 Å². The summed E-state index contributed by atoms with van der Waals surface area (Å²) in [5.41, 5.74) is 1.69. The van der Waals surface area contributed by atoms with Crippen LogP contribution in [0.4, 0.5) is 18.9 Å². The van der Waals surface area contributed by atoms with E-state index in [9.17, 15) is 27.1 Å². The summed E-state index contributed by atoms with van der Waals surface area (Å²) in [7, 11) is -3.23. The van der Waals surface area contributed by atoms with Crippen LogP contribution in [0.25, 0.3) is 16.8 Å². The van der Waals surface area contributed by atoms with Crippen molar-refractivity contribution in [3.05, 3.63) is 95.3 Å². The number of anilines is 1. The number of aromatic nitrogens is 2. The van der Waals surface area contributed by atoms with E-state index < -0.39 is 28.6 Å². The van der Waals surface area contributed by atoms with Crippen LogP contribution in [0.3, 0.4) is 0 Å². The van der Waals surface area contributed by atoms with E-state index >= 15 is 0 Å². The van der Waals surface area contributed by atoms with Gasteiger partial charge in [0.25, 0.3) is 5.91 Å². The molecule has 1 amide bonds. The Morgan fingerprint density at radius 3 is 2.47 bits per heavy atom. The van der Waals surface area contributed by atoms with Crippen LogP contribution in [0, 0.1) is 0 Å². The number of carbonyl (C=O) groups excluding carboxylic acids is 1. The maximum atomic E-state index is 13.6. The Bertz CT molecular complexity index is 1700. The van der Waals surface area contributed by atoms with E-state index in [0.717, 1.165) is 23.3 Å². The predicted molar refractivity (Wildman–Crippen MR) is 169 cm³/mol. The molecule has 1 aliphatic rings. The van der Waals surface area contributed by atoms with Crippen LogP contribution in [-0.4, -0.2) is 66.4 Å². The molecule has 5 rings (SSSR count). The lowest BCUT2D eigenvalue weighted by Crippen LogP contribution is -2.34. The van der Waals surface area contributed by atoms with Crippen LogP contribution in [0.2, 0.25) is 0 Å². The fourth-order valence-corrected chi connectivity index (χ4v) is 7.18. The molecule has 0 radical (unpaired) electrons. The Labute approximate surface area is 260 Å². The summed E-state index contributed by atoms with van der Waals surface area (Å²) in [4.78, 5) is 16.0. The summed E-state index contributed by atoms with van der Waals surface area (Å²) in [5.74, 6) is 4.40. The van der Waals surface area contributed by atoms with Crippen LogP contribution in [0.15, 0.2) is 82.8 Å². The summed E-state index contributed by atoms with van der Waals surface area (Å²) in [6, 6.07) is 19.2. The van der Waals surface area contributed by atoms with E-state index in [4.69, 9.17) is 5.84 Å². The number of benzene rings is 3. The van der Waals surface area contributed by atoms with Gasteiger partial charge in [0.15, 0.2) is 5.69 Å². The summed E-state index contributed by atoms with van der Waals surface area (Å²) < 4.78 is 66.1. The third kappa shape index (κ3) is 6.74. The Morgan fingerprint density at radius 1 is 1.09 bits per heavy atom. The zero-order valence-electron chi connectivity index (χ0n) is 24.7. The van der Waals surface area contributed by atoms with Crippen molar-refractivity contribution in [1.82, 2.24) is 19.0 Å². The zero-order valence-corrected chi connectivity index (χ0v) is 25.5. The SMILES string of the molecule is CCN(CC)CCN1Cc2cccc(-c3ccc(NC(=O)c4cc(C(F)(F)F)nn4-c4cccc(C=NN)c4)cc3)c2S1(O)O. The summed E-state index contributed by atoms with van der Waals surface area (Å²) in [5, 5.41) is 9.74. The highest BCUT2D eigenvalue weighted by molar-refractivity contribution is 8.22. The number of nitrogens with zero attached hydrogens (tertiary/aromatic N) is 5. The number of alkyl halides is 3. The van der Waals surface area contributed by atoms with E-state index in [0.29, 0.717) is 53.0 Å². The first-order valence-electron chi connectivity index (χ1n) is 14.3. The summed E-state index contributed by atoms with van der Waals surface area (Å²) in [6.07, 6.45) is -3.45. The minimum absolute atomic E-state index is 0.214. The monoisotopic (exact) mass is 641 g/mol. The molecule has 0 aliphatic carbocycles. The van der Waals surface area contributed by atoms with Crippen molar-refractivity contribution in [2.24, 2.45) is 10.9 Å². The predicted octanol–water partition coefficient (Wildman–Crippen LogP) is 6.28. The maximum absolute atomic E-state index is 13.6. The largest absolute Gasteiger partial charge is 0.435 e. The number of nitrogens with two attached hydrogens (primary N) is 1. The minimum Gasteiger partial charge on any atom is -0.323 e. The minimum atomic E-state index is -4.77. The number of fused-ring (bicyclic) bond motifs is 1. The van der Waals surface area contributed by atoms with Crippen molar-refractivity contribution in [2.45, 2.75) is 31.5 Å². The van der Waals surface area contributed by atoms with Gasteiger partial charge in [0.1, 0.15) is 5.69 Å². The van der Waals surface area contributed by atoms with Crippen molar-refractivity contribution in [3.63, 3.8) is 0 Å². The molecular weight excluding hydrogens is 607 g/mol. The fourth-order valence-electron chi connectivity index (χ4n) is 5.30. The van der Waals surface area contributed by atoms with Crippen LogP contribution < -0.4 is 11.2 Å². The second-order valence-electron chi connectivity index (χ2n) is 10.4. The van der Waals surface area contributed by atoms with E-state index in [2.05, 4.69) is 34.3 Å². The maximum Gasteiger partial charge on any atom is 0.435 e. The average molecular weight is 642 g/mol. The lowest BCUT2D eigenvalue weighted by molar-refractivity contribution is -0.141. The number of carbonyl (C=O) groups is 1. The first-order chi connectivity index (χ1) is 21.5. The second kappa shape index (κ2) is 13.0. The Balaban J connectivity index is 1.39. The molecule has 10 nitrogen and oxygen atoms in total. The Morgan fingerprint density at radius 2 is 1.80 bits per heavy atom. The highest BCUT2D eigenvalue weighted by atomic mass is 32.3. The standard InChI is InChI=1S/C31H34F3N7O3S/c1-3-39(4-2)15-16-40-20-23-8-6-10-26(29(23)45(40,43)44)22-11-13-24(14-12-22)37-30(42)27-18-28(31(32,33)34)38-41(27)25-9-5-7-21(17-25)19-36-35/h5-14,17-19,43-44H,3-4,15-16,20,35H2,1-2H3,(H,37,42). The van der Waals surface area contributed by atoms with Gasteiger partial charge in [-0.1, -0.05) is 56.3 Å². The van der Waals surface area contributed by atoms with E-state index in [1.54, 1.807) is 40.7 Å². The van der Waals surface area contributed by atoms with Gasteiger partial charge in [-0.25, -0.2) is 4.68 Å². The molecule has 0 saturated heterocycles. The third-order valence-corrected chi connectivity index (χ3v) is 9.72. The molecule has 238 valence electrons. The number of hydrazone groups is 1. The molecule has 5 N–H and O–H groups in total. The van der Waals surface area contributed by atoms with Crippen molar-refractivity contribution in [1.29, 1.82) is 0 Å². The van der Waals surface area contributed by atoms with E-state index in [1.165, 1.54) is 18.3 Å². The van der Waals surface area contributed by atoms with Gasteiger partial charge in [-0.05, 0) is 54.0 Å². The molecule has 0 unspecified atom stereocenters. The van der Waals surface area contributed by atoms with E-state index in [1.807, 2.05) is 18.2 Å². The van der Waals surface area contributed by atoms with E-state index in [-0.39, 0.29) is 11.4 Å². The molecule has 3 aromatic carbocycles. The molecule has 1 aromatic heterocycles. The van der Waals surface area contributed by atoms with Gasteiger partial charge in [0.2, 0.25) is 0 Å². The number of hydrogen-bond acceptors (Lipinski definition) is 8. The van der Waals surface area contributed by atoms with Gasteiger partial charge in [-0.2, -0.15) is 27.7 Å². The lowest BCUT2D eigenvalue weighted by atomic mass is 10.0. The third-order valence-electron chi connectivity index (χ3n) is 7.66. The smallest absolute Gasteiger partial charge is 0.323 e. The molecule has 0 spiro atoms. The van der Waals surface area contributed by atoms with Gasteiger partial charge in [0.05, 0.1) is 16.8 Å². The number of likely N-dealkylation sites (N-methyl/N-ethyl adjacent to an activating group) is 1. The number of amides is 1. The highest BCUT2D eigenvalue weighted by Gasteiger charge is 2.38. The molecule has 0 saturated carbocycles. The first kappa shape index (κ1) is 32.2. The average Bonchev–Trinajstić information content (AvgIpc) is 3.58. The van der Waals surface area contributed by atoms with Crippen LogP contribution in [-0.2, 0) is 12.7 Å². The molecule has 0 bridgehead atoms. The van der Waals surface area contributed by atoms with Gasteiger partial charge < -0.3 is 16.1 Å². The van der Waals surface area contributed by atoms with Crippen molar-refractivity contribution in [3.8, 4) is 16.8 Å². The zero-order chi connectivity index (χ0) is 32.4. The quantitative estimate of drug-likeness (QED) is 0.0910. The lowest BCUT2D eigenvalue weighted by Gasteiger charge is -2.39. The summed E-state index contributed by atoms with van der Waals surface area (Å²) >= 11 is 0. The molecule has 0 fully saturated rings. The number of nitrogens with one attached hydrogen (secondary N) is 1. The molecule has 1 aliphatic heterocycles. The van der Waals surface area contributed by atoms with Gasteiger partial charge in [-0.3, -0.25) is 13.9 Å². The molecule has 4 aromatic rings. The molecule has 0 atom stereocenters. The number of halogens is 3.